The van der Waals surface area contributed by atoms with E-state index in [0.29, 0.717) is 23.2 Å². The van der Waals surface area contributed by atoms with Crippen molar-refractivity contribution < 1.29 is 14.3 Å². The molecule has 7 nitrogen and oxygen atoms in total. The molecule has 0 saturated carbocycles. The molecule has 0 unspecified atom stereocenters. The van der Waals surface area contributed by atoms with Crippen LogP contribution in [0.4, 0.5) is 5.69 Å². The molecular weight excluding hydrogens is 428 g/mol. The second-order valence-electron chi connectivity index (χ2n) is 8.11. The number of aromatic nitrogens is 1. The van der Waals surface area contributed by atoms with Crippen LogP contribution in [0.5, 0.6) is 5.75 Å². The lowest BCUT2D eigenvalue weighted by atomic mass is 10.1. The first-order chi connectivity index (χ1) is 16.5. The molecule has 3 N–H and O–H groups in total. The normalized spacial score (nSPS) is 11.5. The molecule has 178 valence electrons. The summed E-state index contributed by atoms with van der Waals surface area (Å²) < 4.78 is 5.32. The molecule has 34 heavy (non-hydrogen) atoms. The monoisotopic (exact) mass is 460 g/mol. The molecule has 2 aromatic carbocycles. The average Bonchev–Trinajstić information content (AvgIpc) is 2.84. The van der Waals surface area contributed by atoms with Crippen molar-refractivity contribution in [3.05, 3.63) is 89.2 Å². The Kier molecular flexibility index (Phi) is 9.17. The third kappa shape index (κ3) is 7.42. The lowest BCUT2D eigenvalue weighted by Crippen LogP contribution is -2.47. The molecule has 0 aliphatic carbocycles. The van der Waals surface area contributed by atoms with Crippen LogP contribution in [0.15, 0.2) is 66.9 Å². The molecule has 7 heteroatoms. The smallest absolute Gasteiger partial charge is 0.255 e. The highest BCUT2D eigenvalue weighted by molar-refractivity contribution is 6.04. The van der Waals surface area contributed by atoms with E-state index in [1.54, 1.807) is 49.7 Å². The second kappa shape index (κ2) is 12.5. The number of pyridine rings is 1. The Morgan fingerprint density at radius 3 is 2.50 bits per heavy atom. The quantitative estimate of drug-likeness (QED) is 0.292. The van der Waals surface area contributed by atoms with Gasteiger partial charge in [0.25, 0.3) is 11.8 Å². The number of unbranched alkanes of at least 4 members (excludes halogenated alkanes) is 1. The third-order valence-electron chi connectivity index (χ3n) is 5.36. The van der Waals surface area contributed by atoms with Crippen molar-refractivity contribution in [1.82, 2.24) is 15.6 Å². The van der Waals surface area contributed by atoms with E-state index in [2.05, 4.69) is 27.9 Å². The van der Waals surface area contributed by atoms with E-state index in [0.717, 1.165) is 36.4 Å². The summed E-state index contributed by atoms with van der Waals surface area (Å²) in [5.74, 6) is 0.386. The summed E-state index contributed by atoms with van der Waals surface area (Å²) in [6.07, 6.45) is 4.11. The van der Waals surface area contributed by atoms with Gasteiger partial charge in [0, 0.05) is 35.1 Å². The van der Waals surface area contributed by atoms with E-state index in [-0.39, 0.29) is 18.0 Å². The van der Waals surface area contributed by atoms with Crippen LogP contribution < -0.4 is 20.7 Å². The molecule has 0 aliphatic heterocycles. The number of methoxy groups -OCH3 is 1. The number of anilines is 1. The zero-order valence-electron chi connectivity index (χ0n) is 19.9. The van der Waals surface area contributed by atoms with E-state index in [4.69, 9.17) is 4.74 Å². The molecule has 0 radical (unpaired) electrons. The Balaban J connectivity index is 1.63. The molecule has 3 rings (SSSR count). The maximum Gasteiger partial charge on any atom is 0.255 e. The maximum atomic E-state index is 12.9. The van der Waals surface area contributed by atoms with Crippen molar-refractivity contribution in [3.8, 4) is 5.75 Å². The number of nitrogens with one attached hydrogen (secondary N) is 3. The Morgan fingerprint density at radius 2 is 1.79 bits per heavy atom. The largest absolute Gasteiger partial charge is 0.497 e. The number of amides is 2. The number of benzene rings is 2. The number of hydrogen-bond acceptors (Lipinski definition) is 5. The Hall–Kier alpha value is -3.71. The number of carbonyl (C=O) groups excluding carboxylic acids is 2. The van der Waals surface area contributed by atoms with Gasteiger partial charge in [0.2, 0.25) is 0 Å². The van der Waals surface area contributed by atoms with Crippen molar-refractivity contribution in [1.29, 1.82) is 0 Å². The second-order valence-corrected chi connectivity index (χ2v) is 8.11. The van der Waals surface area contributed by atoms with Crippen LogP contribution in [0.1, 0.15) is 51.7 Å². The van der Waals surface area contributed by atoms with Gasteiger partial charge in [-0.25, -0.2) is 0 Å². The maximum absolute atomic E-state index is 12.9. The van der Waals surface area contributed by atoms with Gasteiger partial charge in [-0.2, -0.15) is 0 Å². The molecular formula is C27H32N4O3. The molecule has 0 fully saturated rings. The summed E-state index contributed by atoms with van der Waals surface area (Å²) in [5.41, 5.74) is 3.51. The molecule has 1 aromatic heterocycles. The van der Waals surface area contributed by atoms with Crippen LogP contribution in [0.3, 0.4) is 0 Å². The lowest BCUT2D eigenvalue weighted by molar-refractivity contribution is 0.0928. The van der Waals surface area contributed by atoms with Gasteiger partial charge in [-0.05, 0) is 74.0 Å². The number of hydrogen-bond donors (Lipinski definition) is 3. The summed E-state index contributed by atoms with van der Waals surface area (Å²) in [4.78, 5) is 29.5. The van der Waals surface area contributed by atoms with Gasteiger partial charge in [-0.3, -0.25) is 19.9 Å². The van der Waals surface area contributed by atoms with Crippen LogP contribution in [0.25, 0.3) is 0 Å². The Labute approximate surface area is 201 Å². The fourth-order valence-corrected chi connectivity index (χ4v) is 3.50. The van der Waals surface area contributed by atoms with Crippen molar-refractivity contribution in [3.63, 3.8) is 0 Å². The number of ether oxygens (including phenoxy) is 1. The van der Waals surface area contributed by atoms with Crippen LogP contribution >= 0.6 is 0 Å². The van der Waals surface area contributed by atoms with E-state index in [9.17, 15) is 9.59 Å². The number of carbonyl (C=O) groups is 2. The molecule has 0 spiro atoms. The van der Waals surface area contributed by atoms with Gasteiger partial charge in [0.15, 0.2) is 0 Å². The highest BCUT2D eigenvalue weighted by Crippen LogP contribution is 2.15. The fraction of sp³-hybridized carbons (Fsp3) is 0.296. The van der Waals surface area contributed by atoms with Gasteiger partial charge in [0.05, 0.1) is 13.3 Å². The molecule has 1 atom stereocenters. The number of nitrogens with zero attached hydrogens (tertiary/aromatic N) is 1. The predicted molar refractivity (Wildman–Crippen MR) is 134 cm³/mol. The van der Waals surface area contributed by atoms with Gasteiger partial charge in [-0.1, -0.05) is 25.5 Å². The first kappa shape index (κ1) is 24.9. The van der Waals surface area contributed by atoms with Crippen LogP contribution in [-0.4, -0.2) is 36.6 Å². The fourth-order valence-electron chi connectivity index (χ4n) is 3.50. The van der Waals surface area contributed by atoms with Crippen LogP contribution in [0.2, 0.25) is 0 Å². The number of aryl methyl sites for hydroxylation is 1. The highest BCUT2D eigenvalue weighted by atomic mass is 16.5. The van der Waals surface area contributed by atoms with E-state index >= 15 is 0 Å². The standard InChI is InChI=1S/C27H32N4O3/c1-4-5-14-29-25(18-20-7-6-8-24(17-20)34-3)31-26(32)21-9-11-23(12-10-21)30-27(33)22-13-15-28-19(2)16-22/h6-13,15-17,25,29H,4-5,14,18H2,1-3H3,(H,30,33)(H,31,32)/t25-/m1/s1. The molecule has 0 saturated heterocycles. The van der Waals surface area contributed by atoms with Crippen molar-refractivity contribution in [2.75, 3.05) is 19.0 Å². The first-order valence-corrected chi connectivity index (χ1v) is 11.5. The van der Waals surface area contributed by atoms with Gasteiger partial charge >= 0.3 is 0 Å². The zero-order valence-corrected chi connectivity index (χ0v) is 19.9. The molecule has 0 bridgehead atoms. The molecule has 0 aliphatic rings. The van der Waals surface area contributed by atoms with E-state index in [1.165, 1.54) is 0 Å². The van der Waals surface area contributed by atoms with Crippen molar-refractivity contribution in [2.24, 2.45) is 0 Å². The average molecular weight is 461 g/mol. The summed E-state index contributed by atoms with van der Waals surface area (Å²) in [5, 5.41) is 9.37. The number of rotatable bonds is 11. The SMILES string of the molecule is CCCCN[C@@H](Cc1cccc(OC)c1)NC(=O)c1ccc(NC(=O)c2ccnc(C)c2)cc1. The predicted octanol–water partition coefficient (Wildman–Crippen LogP) is 4.34. The Bertz CT molecular complexity index is 1100. The zero-order chi connectivity index (χ0) is 24.3. The summed E-state index contributed by atoms with van der Waals surface area (Å²) in [7, 11) is 1.64. The van der Waals surface area contributed by atoms with Crippen LogP contribution in [-0.2, 0) is 6.42 Å². The van der Waals surface area contributed by atoms with Gasteiger partial charge in [0.1, 0.15) is 5.75 Å². The summed E-state index contributed by atoms with van der Waals surface area (Å²) >= 11 is 0. The van der Waals surface area contributed by atoms with Crippen molar-refractivity contribution >= 4 is 17.5 Å². The minimum absolute atomic E-state index is 0.181. The van der Waals surface area contributed by atoms with E-state index in [1.807, 2.05) is 31.2 Å². The molecule has 2 amide bonds. The summed E-state index contributed by atoms with van der Waals surface area (Å²) in [6.45, 7) is 4.78. The summed E-state index contributed by atoms with van der Waals surface area (Å²) in [6, 6.07) is 18.1. The first-order valence-electron chi connectivity index (χ1n) is 11.5. The topological polar surface area (TPSA) is 92.4 Å². The lowest BCUT2D eigenvalue weighted by Gasteiger charge is -2.21. The molecule has 1 heterocycles. The van der Waals surface area contributed by atoms with Gasteiger partial charge in [-0.15, -0.1) is 0 Å². The van der Waals surface area contributed by atoms with Crippen molar-refractivity contribution in [2.45, 2.75) is 39.3 Å². The van der Waals surface area contributed by atoms with E-state index < -0.39 is 0 Å². The highest BCUT2D eigenvalue weighted by Gasteiger charge is 2.15. The minimum Gasteiger partial charge on any atom is -0.497 e. The third-order valence-corrected chi connectivity index (χ3v) is 5.36. The minimum atomic E-state index is -0.222. The Morgan fingerprint density at radius 1 is 1.00 bits per heavy atom. The van der Waals surface area contributed by atoms with Crippen LogP contribution in [0, 0.1) is 6.92 Å². The molecule has 3 aromatic rings. The van der Waals surface area contributed by atoms with Gasteiger partial charge < -0.3 is 15.4 Å².